The molecule has 0 saturated heterocycles. The van der Waals surface area contributed by atoms with Crippen molar-refractivity contribution in [1.82, 2.24) is 10.2 Å². The molecule has 94 valence electrons. The fraction of sp³-hybridized carbons (Fsp3) is 0.0714. The van der Waals surface area contributed by atoms with Gasteiger partial charge in [0.25, 0.3) is 0 Å². The van der Waals surface area contributed by atoms with Crippen LogP contribution in [0, 0.1) is 11.3 Å². The molecule has 0 fully saturated rings. The second-order valence-corrected chi connectivity index (χ2v) is 3.73. The highest BCUT2D eigenvalue weighted by Crippen LogP contribution is 2.22. The molecule has 0 amide bonds. The number of esters is 1. The summed E-state index contributed by atoms with van der Waals surface area (Å²) in [5.74, 6) is -0.664. The first-order valence-electron chi connectivity index (χ1n) is 5.55. The lowest BCUT2D eigenvalue weighted by Gasteiger charge is -2.00. The summed E-state index contributed by atoms with van der Waals surface area (Å²) >= 11 is 0. The maximum absolute atomic E-state index is 11.4. The van der Waals surface area contributed by atoms with E-state index in [1.54, 1.807) is 6.20 Å². The number of aromatic amines is 1. The van der Waals surface area contributed by atoms with Crippen molar-refractivity contribution in [3.05, 3.63) is 47.7 Å². The van der Waals surface area contributed by atoms with Crippen molar-refractivity contribution in [2.75, 3.05) is 7.11 Å². The lowest BCUT2D eigenvalue weighted by atomic mass is 10.1. The molecule has 5 heteroatoms. The molecule has 0 aliphatic rings. The number of hydrogen-bond donors (Lipinski definition) is 1. The van der Waals surface area contributed by atoms with Gasteiger partial charge in [0, 0.05) is 11.1 Å². The second kappa shape index (κ2) is 5.65. The zero-order chi connectivity index (χ0) is 13.7. The summed E-state index contributed by atoms with van der Waals surface area (Å²) < 4.78 is 4.54. The van der Waals surface area contributed by atoms with Crippen LogP contribution in [0.4, 0.5) is 0 Å². The molecule has 0 aliphatic carbocycles. The molecule has 0 unspecified atom stereocenters. The van der Waals surface area contributed by atoms with Crippen molar-refractivity contribution in [3.8, 4) is 17.3 Å². The first kappa shape index (κ1) is 12.6. The van der Waals surface area contributed by atoms with E-state index in [2.05, 4.69) is 14.9 Å². The van der Waals surface area contributed by atoms with Gasteiger partial charge < -0.3 is 4.74 Å². The summed E-state index contributed by atoms with van der Waals surface area (Å²) in [7, 11) is 1.24. The van der Waals surface area contributed by atoms with E-state index in [4.69, 9.17) is 5.26 Å². The molecular weight excluding hydrogens is 242 g/mol. The van der Waals surface area contributed by atoms with E-state index in [0.29, 0.717) is 5.56 Å². The lowest BCUT2D eigenvalue weighted by molar-refractivity contribution is -0.135. The number of benzene rings is 1. The van der Waals surface area contributed by atoms with Crippen LogP contribution in [0.15, 0.2) is 42.1 Å². The van der Waals surface area contributed by atoms with Crippen LogP contribution in [-0.2, 0) is 9.53 Å². The molecule has 5 nitrogen and oxygen atoms in total. The smallest absolute Gasteiger partial charge is 0.348 e. The number of nitrogens with zero attached hydrogens (tertiary/aromatic N) is 2. The fourth-order valence-electron chi connectivity index (χ4n) is 1.64. The molecule has 1 heterocycles. The van der Waals surface area contributed by atoms with E-state index in [1.807, 2.05) is 36.4 Å². The zero-order valence-corrected chi connectivity index (χ0v) is 10.3. The van der Waals surface area contributed by atoms with Crippen molar-refractivity contribution in [2.45, 2.75) is 0 Å². The average molecular weight is 253 g/mol. The Morgan fingerprint density at radius 3 is 2.79 bits per heavy atom. The summed E-state index contributed by atoms with van der Waals surface area (Å²) in [5.41, 5.74) is 2.26. The maximum Gasteiger partial charge on any atom is 0.348 e. The van der Waals surface area contributed by atoms with Gasteiger partial charge in [-0.3, -0.25) is 5.10 Å². The van der Waals surface area contributed by atoms with Crippen molar-refractivity contribution in [2.24, 2.45) is 0 Å². The molecule has 0 saturated carbocycles. The van der Waals surface area contributed by atoms with Crippen molar-refractivity contribution in [1.29, 1.82) is 5.26 Å². The number of ether oxygens (including phenoxy) is 1. The first-order chi connectivity index (χ1) is 9.26. The minimum absolute atomic E-state index is 0.0684. The van der Waals surface area contributed by atoms with E-state index < -0.39 is 5.97 Å². The number of methoxy groups -OCH3 is 1. The number of carbonyl (C=O) groups excluding carboxylic acids is 1. The zero-order valence-electron chi connectivity index (χ0n) is 10.3. The number of H-pyrrole nitrogens is 1. The van der Waals surface area contributed by atoms with E-state index in [1.165, 1.54) is 13.2 Å². The molecule has 0 bridgehead atoms. The Bertz CT molecular complexity index is 651. The number of aromatic nitrogens is 2. The van der Waals surface area contributed by atoms with Gasteiger partial charge in [-0.25, -0.2) is 4.79 Å². The monoisotopic (exact) mass is 253 g/mol. The standard InChI is InChI=1S/C14H11N3O2/c1-19-14(18)11(8-15)7-12-9-16-17-13(12)10-5-3-2-4-6-10/h2-7,9H,1H3,(H,16,17)/b11-7+. The van der Waals surface area contributed by atoms with Crippen LogP contribution in [0.2, 0.25) is 0 Å². The number of hydrogen-bond acceptors (Lipinski definition) is 4. The fourth-order valence-corrected chi connectivity index (χ4v) is 1.64. The van der Waals surface area contributed by atoms with Crippen LogP contribution in [0.1, 0.15) is 5.56 Å². The van der Waals surface area contributed by atoms with Gasteiger partial charge in [0.05, 0.1) is 19.0 Å². The first-order valence-corrected chi connectivity index (χ1v) is 5.55. The van der Waals surface area contributed by atoms with Crippen LogP contribution in [0.25, 0.3) is 17.3 Å². The third-order valence-corrected chi connectivity index (χ3v) is 2.56. The Balaban J connectivity index is 2.44. The molecule has 1 aromatic heterocycles. The number of rotatable bonds is 3. The van der Waals surface area contributed by atoms with E-state index in [-0.39, 0.29) is 5.57 Å². The average Bonchev–Trinajstić information content (AvgIpc) is 2.93. The van der Waals surface area contributed by atoms with Gasteiger partial charge in [0.1, 0.15) is 11.6 Å². The molecule has 0 radical (unpaired) electrons. The highest BCUT2D eigenvalue weighted by molar-refractivity contribution is 5.98. The van der Waals surface area contributed by atoms with Gasteiger partial charge >= 0.3 is 5.97 Å². The summed E-state index contributed by atoms with van der Waals surface area (Å²) in [6.07, 6.45) is 3.01. The third-order valence-electron chi connectivity index (χ3n) is 2.56. The molecule has 0 atom stereocenters. The Hall–Kier alpha value is -2.87. The molecule has 1 N–H and O–H groups in total. The summed E-state index contributed by atoms with van der Waals surface area (Å²) in [4.78, 5) is 11.4. The third kappa shape index (κ3) is 2.69. The quantitative estimate of drug-likeness (QED) is 0.516. The van der Waals surface area contributed by atoms with Gasteiger partial charge in [0.15, 0.2) is 0 Å². The predicted molar refractivity (Wildman–Crippen MR) is 69.6 cm³/mol. The SMILES string of the molecule is COC(=O)/C(C#N)=C/c1cn[nH]c1-c1ccccc1. The largest absolute Gasteiger partial charge is 0.465 e. The minimum Gasteiger partial charge on any atom is -0.465 e. The van der Waals surface area contributed by atoms with Crippen molar-refractivity contribution < 1.29 is 9.53 Å². The van der Waals surface area contributed by atoms with Crippen LogP contribution < -0.4 is 0 Å². The van der Waals surface area contributed by atoms with E-state index >= 15 is 0 Å². The highest BCUT2D eigenvalue weighted by atomic mass is 16.5. The Morgan fingerprint density at radius 1 is 1.42 bits per heavy atom. The minimum atomic E-state index is -0.664. The number of nitriles is 1. The summed E-state index contributed by atoms with van der Waals surface area (Å²) in [6.45, 7) is 0. The molecule has 19 heavy (non-hydrogen) atoms. The molecule has 0 aliphatic heterocycles. The van der Waals surface area contributed by atoms with Gasteiger partial charge in [0.2, 0.25) is 0 Å². The lowest BCUT2D eigenvalue weighted by Crippen LogP contribution is -2.02. The van der Waals surface area contributed by atoms with Gasteiger partial charge in [-0.2, -0.15) is 10.4 Å². The summed E-state index contributed by atoms with van der Waals surface area (Å²) in [5, 5.41) is 15.7. The molecular formula is C14H11N3O2. The predicted octanol–water partition coefficient (Wildman–Crippen LogP) is 2.16. The van der Waals surface area contributed by atoms with Crippen molar-refractivity contribution >= 4 is 12.0 Å². The maximum atomic E-state index is 11.4. The molecule has 2 rings (SSSR count). The van der Waals surface area contributed by atoms with Crippen molar-refractivity contribution in [3.63, 3.8) is 0 Å². The molecule has 2 aromatic rings. The Morgan fingerprint density at radius 2 is 2.16 bits per heavy atom. The Labute approximate surface area is 110 Å². The molecule has 0 spiro atoms. The Kier molecular flexibility index (Phi) is 3.74. The summed E-state index contributed by atoms with van der Waals surface area (Å²) in [6, 6.07) is 11.3. The van der Waals surface area contributed by atoms with E-state index in [9.17, 15) is 4.79 Å². The number of carbonyl (C=O) groups is 1. The van der Waals surface area contributed by atoms with Gasteiger partial charge in [-0.05, 0) is 6.08 Å². The highest BCUT2D eigenvalue weighted by Gasteiger charge is 2.12. The topological polar surface area (TPSA) is 78.8 Å². The van der Waals surface area contributed by atoms with Crippen LogP contribution >= 0.6 is 0 Å². The van der Waals surface area contributed by atoms with Crippen LogP contribution in [0.3, 0.4) is 0 Å². The van der Waals surface area contributed by atoms with Crippen LogP contribution in [0.5, 0.6) is 0 Å². The normalized spacial score (nSPS) is 10.8. The van der Waals surface area contributed by atoms with Gasteiger partial charge in [-0.15, -0.1) is 0 Å². The van der Waals surface area contributed by atoms with Gasteiger partial charge in [-0.1, -0.05) is 30.3 Å². The number of nitrogens with one attached hydrogen (secondary N) is 1. The molecule has 1 aromatic carbocycles. The van der Waals surface area contributed by atoms with Crippen LogP contribution in [-0.4, -0.2) is 23.3 Å². The van der Waals surface area contributed by atoms with E-state index in [0.717, 1.165) is 11.3 Å². The second-order valence-electron chi connectivity index (χ2n) is 3.73.